The highest BCUT2D eigenvalue weighted by molar-refractivity contribution is 5.37. The molecule has 0 bridgehead atoms. The summed E-state index contributed by atoms with van der Waals surface area (Å²) in [6.07, 6.45) is 2.49. The molecule has 1 aliphatic carbocycles. The van der Waals surface area contributed by atoms with Crippen molar-refractivity contribution in [1.82, 2.24) is 0 Å². The van der Waals surface area contributed by atoms with Gasteiger partial charge in [-0.3, -0.25) is 0 Å². The van der Waals surface area contributed by atoms with Crippen LogP contribution in [0, 0.1) is 11.3 Å². The van der Waals surface area contributed by atoms with Gasteiger partial charge >= 0.3 is 0 Å². The van der Waals surface area contributed by atoms with Crippen LogP contribution < -0.4 is 5.73 Å². The molecular weight excluding hydrogens is 160 g/mol. The molecule has 1 aromatic rings. The quantitative estimate of drug-likeness (QED) is 0.742. The second kappa shape index (κ2) is 3.20. The predicted octanol–water partition coefficient (Wildman–Crippen LogP) is 2.09. The first kappa shape index (κ1) is 8.28. The molecule has 0 spiro atoms. The lowest BCUT2D eigenvalue weighted by molar-refractivity contribution is 0.893. The Kier molecular flexibility index (Phi) is 2.03. The third-order valence-electron chi connectivity index (χ3n) is 2.49. The van der Waals surface area contributed by atoms with Gasteiger partial charge in [-0.25, -0.2) is 0 Å². The zero-order valence-electron chi connectivity index (χ0n) is 7.40. The number of hydrogen-bond donors (Lipinski definition) is 1. The van der Waals surface area contributed by atoms with E-state index in [1.54, 1.807) is 0 Å². The van der Waals surface area contributed by atoms with Gasteiger partial charge in [-0.2, -0.15) is 5.26 Å². The summed E-state index contributed by atoms with van der Waals surface area (Å²) in [5, 5.41) is 8.74. The van der Waals surface area contributed by atoms with Crippen molar-refractivity contribution in [3.63, 3.8) is 0 Å². The van der Waals surface area contributed by atoms with Gasteiger partial charge in [0.1, 0.15) is 6.04 Å². The zero-order chi connectivity index (χ0) is 9.26. The van der Waals surface area contributed by atoms with Crippen LogP contribution in [0.5, 0.6) is 0 Å². The first-order valence-corrected chi connectivity index (χ1v) is 4.57. The summed E-state index contributed by atoms with van der Waals surface area (Å²) in [6, 6.07) is 9.63. The molecule has 1 unspecified atom stereocenters. The van der Waals surface area contributed by atoms with Crippen molar-refractivity contribution >= 4 is 0 Å². The molecular formula is C11H12N2. The number of hydrogen-bond acceptors (Lipinski definition) is 2. The van der Waals surface area contributed by atoms with E-state index in [0.29, 0.717) is 5.92 Å². The smallest absolute Gasteiger partial charge is 0.119 e. The molecule has 1 atom stereocenters. The molecule has 66 valence electrons. The van der Waals surface area contributed by atoms with Crippen molar-refractivity contribution in [1.29, 1.82) is 5.26 Å². The Balaban J connectivity index is 2.38. The SMILES string of the molecule is N#CC(N)c1ccccc1C1CC1. The van der Waals surface area contributed by atoms with E-state index in [9.17, 15) is 0 Å². The van der Waals surface area contributed by atoms with Crippen LogP contribution in [-0.2, 0) is 0 Å². The van der Waals surface area contributed by atoms with E-state index in [1.807, 2.05) is 18.2 Å². The number of benzene rings is 1. The van der Waals surface area contributed by atoms with E-state index in [2.05, 4.69) is 12.1 Å². The molecule has 0 aromatic heterocycles. The average molecular weight is 172 g/mol. The summed E-state index contributed by atoms with van der Waals surface area (Å²) in [5.41, 5.74) is 7.98. The van der Waals surface area contributed by atoms with Crippen LogP contribution in [0.3, 0.4) is 0 Å². The fourth-order valence-corrected chi connectivity index (χ4v) is 1.63. The highest BCUT2D eigenvalue weighted by atomic mass is 14.6. The Hall–Kier alpha value is -1.33. The van der Waals surface area contributed by atoms with Gasteiger partial charge in [-0.1, -0.05) is 24.3 Å². The lowest BCUT2D eigenvalue weighted by atomic mass is 9.98. The normalized spacial score (nSPS) is 17.8. The van der Waals surface area contributed by atoms with Gasteiger partial charge in [0.15, 0.2) is 0 Å². The van der Waals surface area contributed by atoms with Gasteiger partial charge in [0.2, 0.25) is 0 Å². The maximum atomic E-state index is 8.74. The van der Waals surface area contributed by atoms with Crippen LogP contribution in [0.25, 0.3) is 0 Å². The maximum Gasteiger partial charge on any atom is 0.119 e. The molecule has 2 nitrogen and oxygen atoms in total. The minimum absolute atomic E-state index is 0.461. The third kappa shape index (κ3) is 1.56. The highest BCUT2D eigenvalue weighted by Crippen LogP contribution is 2.42. The van der Waals surface area contributed by atoms with Crippen molar-refractivity contribution in [2.75, 3.05) is 0 Å². The Morgan fingerprint density at radius 2 is 2.08 bits per heavy atom. The minimum Gasteiger partial charge on any atom is -0.312 e. The van der Waals surface area contributed by atoms with Crippen LogP contribution in [0.1, 0.15) is 35.9 Å². The molecule has 13 heavy (non-hydrogen) atoms. The largest absolute Gasteiger partial charge is 0.312 e. The average Bonchev–Trinajstić information content (AvgIpc) is 3.00. The Labute approximate surface area is 78.0 Å². The van der Waals surface area contributed by atoms with Crippen molar-refractivity contribution < 1.29 is 0 Å². The number of nitrogens with zero attached hydrogens (tertiary/aromatic N) is 1. The monoisotopic (exact) mass is 172 g/mol. The molecule has 1 aromatic carbocycles. The summed E-state index contributed by atoms with van der Waals surface area (Å²) in [5.74, 6) is 0.663. The Morgan fingerprint density at radius 1 is 1.38 bits per heavy atom. The second-order valence-corrected chi connectivity index (χ2v) is 3.51. The van der Waals surface area contributed by atoms with E-state index < -0.39 is 6.04 Å². The molecule has 1 aliphatic rings. The van der Waals surface area contributed by atoms with E-state index in [1.165, 1.54) is 18.4 Å². The predicted molar refractivity (Wildman–Crippen MR) is 51.0 cm³/mol. The highest BCUT2D eigenvalue weighted by Gasteiger charge is 2.26. The molecule has 2 rings (SSSR count). The molecule has 2 N–H and O–H groups in total. The molecule has 0 amide bonds. The van der Waals surface area contributed by atoms with Crippen molar-refractivity contribution in [2.24, 2.45) is 5.73 Å². The summed E-state index contributed by atoms with van der Waals surface area (Å²) < 4.78 is 0. The topological polar surface area (TPSA) is 49.8 Å². The van der Waals surface area contributed by atoms with Gasteiger partial charge in [0.25, 0.3) is 0 Å². The number of nitriles is 1. The van der Waals surface area contributed by atoms with E-state index in [4.69, 9.17) is 11.0 Å². The lowest BCUT2D eigenvalue weighted by Gasteiger charge is -2.09. The lowest BCUT2D eigenvalue weighted by Crippen LogP contribution is -2.09. The van der Waals surface area contributed by atoms with Crippen molar-refractivity contribution in [2.45, 2.75) is 24.8 Å². The molecule has 0 saturated heterocycles. The van der Waals surface area contributed by atoms with Gasteiger partial charge < -0.3 is 5.73 Å². The van der Waals surface area contributed by atoms with Crippen LogP contribution in [0.2, 0.25) is 0 Å². The fraction of sp³-hybridized carbons (Fsp3) is 0.364. The van der Waals surface area contributed by atoms with Crippen LogP contribution in [0.15, 0.2) is 24.3 Å². The maximum absolute atomic E-state index is 8.74. The molecule has 0 heterocycles. The van der Waals surface area contributed by atoms with Gasteiger partial charge in [-0.05, 0) is 29.9 Å². The second-order valence-electron chi connectivity index (χ2n) is 3.51. The standard InChI is InChI=1S/C11H12N2/c12-7-11(13)10-4-2-1-3-9(10)8-5-6-8/h1-4,8,11H,5-6,13H2. The molecule has 0 aliphatic heterocycles. The Bertz CT molecular complexity index is 347. The molecule has 2 heteroatoms. The fourth-order valence-electron chi connectivity index (χ4n) is 1.63. The minimum atomic E-state index is -0.461. The number of rotatable bonds is 2. The number of nitrogens with two attached hydrogens (primary N) is 1. The van der Waals surface area contributed by atoms with Crippen LogP contribution in [-0.4, -0.2) is 0 Å². The van der Waals surface area contributed by atoms with E-state index in [0.717, 1.165) is 5.56 Å². The summed E-state index contributed by atoms with van der Waals surface area (Å²) >= 11 is 0. The summed E-state index contributed by atoms with van der Waals surface area (Å²) in [4.78, 5) is 0. The first-order valence-electron chi connectivity index (χ1n) is 4.57. The van der Waals surface area contributed by atoms with Gasteiger partial charge in [0, 0.05) is 0 Å². The van der Waals surface area contributed by atoms with Crippen molar-refractivity contribution in [3.05, 3.63) is 35.4 Å². The van der Waals surface area contributed by atoms with Gasteiger partial charge in [0.05, 0.1) is 6.07 Å². The zero-order valence-corrected chi connectivity index (χ0v) is 7.40. The molecule has 1 fully saturated rings. The van der Waals surface area contributed by atoms with Gasteiger partial charge in [-0.15, -0.1) is 0 Å². The third-order valence-corrected chi connectivity index (χ3v) is 2.49. The summed E-state index contributed by atoms with van der Waals surface area (Å²) in [7, 11) is 0. The molecule has 1 saturated carbocycles. The van der Waals surface area contributed by atoms with Crippen molar-refractivity contribution in [3.8, 4) is 6.07 Å². The van der Waals surface area contributed by atoms with Crippen LogP contribution >= 0.6 is 0 Å². The van der Waals surface area contributed by atoms with E-state index >= 15 is 0 Å². The van der Waals surface area contributed by atoms with E-state index in [-0.39, 0.29) is 0 Å². The van der Waals surface area contributed by atoms with Crippen LogP contribution in [0.4, 0.5) is 0 Å². The molecule has 0 radical (unpaired) electrons. The first-order chi connectivity index (χ1) is 6.33. The summed E-state index contributed by atoms with van der Waals surface area (Å²) in [6.45, 7) is 0. The Morgan fingerprint density at radius 3 is 2.69 bits per heavy atom.